The lowest BCUT2D eigenvalue weighted by Crippen LogP contribution is -2.42. The molecule has 3 heterocycles. The van der Waals surface area contributed by atoms with Crippen LogP contribution in [-0.4, -0.2) is 34.9 Å². The first kappa shape index (κ1) is 25.6. The zero-order valence-electron chi connectivity index (χ0n) is 20.8. The molecule has 11 heteroatoms. The standard InChI is InChI=1S/C26H25ClN8O2/c1-16-5-7-19(11-28)9-20(16)15-34-24(30-18(3)6-8-23-17(2)14-33(4)32-23)31-25(36)35(26(34)37)22-10-21(27)12-29-13-22/h5-10,12-14,18H,15H2,1-4H3,(H,30,31,36)/b8-6-/t18-/m1/s1. The number of anilines is 1. The van der Waals surface area contributed by atoms with Crippen LogP contribution in [0.25, 0.3) is 11.8 Å². The normalized spacial score (nSPS) is 12.0. The number of aryl methyl sites for hydroxylation is 3. The van der Waals surface area contributed by atoms with E-state index in [1.165, 1.54) is 23.0 Å². The Morgan fingerprint density at radius 3 is 2.65 bits per heavy atom. The van der Waals surface area contributed by atoms with Gasteiger partial charge < -0.3 is 5.32 Å². The van der Waals surface area contributed by atoms with E-state index >= 15 is 0 Å². The molecule has 0 radical (unpaired) electrons. The summed E-state index contributed by atoms with van der Waals surface area (Å²) in [6, 6.07) is 8.54. The summed E-state index contributed by atoms with van der Waals surface area (Å²) >= 11 is 6.06. The van der Waals surface area contributed by atoms with Crippen molar-refractivity contribution in [3.05, 3.63) is 103 Å². The van der Waals surface area contributed by atoms with Gasteiger partial charge in [-0.05, 0) is 61.7 Å². The van der Waals surface area contributed by atoms with Crippen LogP contribution in [0.15, 0.2) is 58.5 Å². The van der Waals surface area contributed by atoms with E-state index in [1.54, 1.807) is 16.8 Å². The molecule has 1 aromatic carbocycles. The molecule has 0 bridgehead atoms. The lowest BCUT2D eigenvalue weighted by molar-refractivity contribution is 0.647. The molecule has 0 aliphatic rings. The first-order valence-corrected chi connectivity index (χ1v) is 11.8. The van der Waals surface area contributed by atoms with E-state index in [-0.39, 0.29) is 29.2 Å². The van der Waals surface area contributed by atoms with Crippen LogP contribution in [-0.2, 0) is 13.6 Å². The Labute approximate surface area is 218 Å². The first-order chi connectivity index (χ1) is 17.7. The molecule has 0 fully saturated rings. The highest BCUT2D eigenvalue weighted by atomic mass is 35.5. The molecule has 0 saturated heterocycles. The van der Waals surface area contributed by atoms with Crippen LogP contribution in [0.3, 0.4) is 0 Å². The SMILES string of the molecule is Cc1ccc(C#N)cc1Cn1c(N[C@H](C)/C=C\c2nn(C)cc2C)nc(=O)n(-c2cncc(Cl)c2)c1=O. The summed E-state index contributed by atoms with van der Waals surface area (Å²) in [4.78, 5) is 34.9. The average molecular weight is 517 g/mol. The third-order valence-electron chi connectivity index (χ3n) is 5.78. The van der Waals surface area contributed by atoms with E-state index in [0.717, 1.165) is 27.0 Å². The monoisotopic (exact) mass is 516 g/mol. The van der Waals surface area contributed by atoms with Gasteiger partial charge in [0.25, 0.3) is 0 Å². The number of aromatic nitrogens is 6. The second-order valence-electron chi connectivity index (χ2n) is 8.70. The second kappa shape index (κ2) is 10.6. The van der Waals surface area contributed by atoms with Crippen molar-refractivity contribution in [3.8, 4) is 11.8 Å². The van der Waals surface area contributed by atoms with Crippen LogP contribution >= 0.6 is 11.6 Å². The highest BCUT2D eigenvalue weighted by Gasteiger charge is 2.17. The summed E-state index contributed by atoms with van der Waals surface area (Å²) in [7, 11) is 1.85. The van der Waals surface area contributed by atoms with Gasteiger partial charge in [0, 0.05) is 25.5 Å². The number of halogens is 1. The van der Waals surface area contributed by atoms with Gasteiger partial charge in [-0.25, -0.2) is 14.2 Å². The molecule has 37 heavy (non-hydrogen) atoms. The van der Waals surface area contributed by atoms with E-state index in [1.807, 2.05) is 52.2 Å². The summed E-state index contributed by atoms with van der Waals surface area (Å²) in [5, 5.41) is 17.2. The van der Waals surface area contributed by atoms with Crippen molar-refractivity contribution >= 4 is 23.6 Å². The zero-order chi connectivity index (χ0) is 26.7. The van der Waals surface area contributed by atoms with E-state index in [4.69, 9.17) is 11.6 Å². The minimum Gasteiger partial charge on any atom is -0.349 e. The quantitative estimate of drug-likeness (QED) is 0.400. The Hall–Kier alpha value is -4.49. The van der Waals surface area contributed by atoms with Crippen molar-refractivity contribution in [2.45, 2.75) is 33.4 Å². The van der Waals surface area contributed by atoms with Crippen LogP contribution in [0.5, 0.6) is 0 Å². The van der Waals surface area contributed by atoms with Gasteiger partial charge in [-0.2, -0.15) is 15.3 Å². The molecular weight excluding hydrogens is 492 g/mol. The lowest BCUT2D eigenvalue weighted by Gasteiger charge is -2.18. The number of hydrogen-bond acceptors (Lipinski definition) is 7. The summed E-state index contributed by atoms with van der Waals surface area (Å²) in [5.74, 6) is 0.0953. The largest absolute Gasteiger partial charge is 0.359 e. The fourth-order valence-electron chi connectivity index (χ4n) is 3.85. The van der Waals surface area contributed by atoms with Gasteiger partial charge in [-0.3, -0.25) is 14.2 Å². The number of nitriles is 1. The van der Waals surface area contributed by atoms with E-state index < -0.39 is 11.4 Å². The molecule has 0 unspecified atom stereocenters. The summed E-state index contributed by atoms with van der Waals surface area (Å²) < 4.78 is 4.02. The minimum atomic E-state index is -0.771. The summed E-state index contributed by atoms with van der Waals surface area (Å²) in [6.07, 6.45) is 8.44. The molecule has 188 valence electrons. The number of hydrogen-bond donors (Lipinski definition) is 1. The van der Waals surface area contributed by atoms with Crippen LogP contribution in [0.2, 0.25) is 5.02 Å². The molecule has 0 spiro atoms. The second-order valence-corrected chi connectivity index (χ2v) is 9.14. The predicted octanol–water partition coefficient (Wildman–Crippen LogP) is 3.23. The number of benzene rings is 1. The smallest absolute Gasteiger partial charge is 0.349 e. The molecule has 0 saturated carbocycles. The highest BCUT2D eigenvalue weighted by molar-refractivity contribution is 6.30. The van der Waals surface area contributed by atoms with Gasteiger partial charge in [0.05, 0.1) is 40.8 Å². The lowest BCUT2D eigenvalue weighted by atomic mass is 10.1. The predicted molar refractivity (Wildman–Crippen MR) is 142 cm³/mol. The van der Waals surface area contributed by atoms with Crippen molar-refractivity contribution in [1.29, 1.82) is 5.26 Å². The van der Waals surface area contributed by atoms with Crippen LogP contribution in [0, 0.1) is 25.2 Å². The fraction of sp³-hybridized carbons (Fsp3) is 0.231. The van der Waals surface area contributed by atoms with Crippen LogP contribution < -0.4 is 16.7 Å². The number of nitrogens with zero attached hydrogens (tertiary/aromatic N) is 7. The van der Waals surface area contributed by atoms with Crippen LogP contribution in [0.4, 0.5) is 5.95 Å². The molecule has 0 amide bonds. The van der Waals surface area contributed by atoms with Crippen molar-refractivity contribution in [2.75, 3.05) is 5.32 Å². The molecule has 1 atom stereocenters. The zero-order valence-corrected chi connectivity index (χ0v) is 21.6. The van der Waals surface area contributed by atoms with Gasteiger partial charge in [0.2, 0.25) is 5.95 Å². The fourth-order valence-corrected chi connectivity index (χ4v) is 4.02. The average Bonchev–Trinajstić information content (AvgIpc) is 3.18. The molecule has 4 rings (SSSR count). The van der Waals surface area contributed by atoms with Gasteiger partial charge in [-0.15, -0.1) is 0 Å². The van der Waals surface area contributed by atoms with Crippen LogP contribution in [0.1, 0.15) is 34.9 Å². The Morgan fingerprint density at radius 1 is 1.19 bits per heavy atom. The van der Waals surface area contributed by atoms with Crippen molar-refractivity contribution in [1.82, 2.24) is 28.9 Å². The van der Waals surface area contributed by atoms with Gasteiger partial charge in [-0.1, -0.05) is 23.7 Å². The van der Waals surface area contributed by atoms with Crippen molar-refractivity contribution < 1.29 is 0 Å². The van der Waals surface area contributed by atoms with E-state index in [2.05, 4.69) is 26.5 Å². The molecule has 0 aliphatic heterocycles. The Balaban J connectivity index is 1.79. The number of rotatable bonds is 7. The van der Waals surface area contributed by atoms with Crippen molar-refractivity contribution in [3.63, 3.8) is 0 Å². The first-order valence-electron chi connectivity index (χ1n) is 11.5. The number of pyridine rings is 1. The molecular formula is C26H25ClN8O2. The Morgan fingerprint density at radius 2 is 1.97 bits per heavy atom. The maximum atomic E-state index is 13.7. The molecule has 10 nitrogen and oxygen atoms in total. The van der Waals surface area contributed by atoms with Gasteiger partial charge in [0.15, 0.2) is 0 Å². The molecule has 3 aromatic heterocycles. The van der Waals surface area contributed by atoms with Crippen molar-refractivity contribution in [2.24, 2.45) is 7.05 Å². The Bertz CT molecular complexity index is 1660. The molecule has 1 N–H and O–H groups in total. The number of nitrogens with one attached hydrogen (secondary N) is 1. The highest BCUT2D eigenvalue weighted by Crippen LogP contribution is 2.16. The van der Waals surface area contributed by atoms with Gasteiger partial charge in [0.1, 0.15) is 0 Å². The molecule has 0 aliphatic carbocycles. The minimum absolute atomic E-state index is 0.0829. The molecule has 4 aromatic rings. The maximum absolute atomic E-state index is 13.7. The van der Waals surface area contributed by atoms with E-state index in [9.17, 15) is 14.9 Å². The van der Waals surface area contributed by atoms with E-state index in [0.29, 0.717) is 5.56 Å². The third-order valence-corrected chi connectivity index (χ3v) is 5.98. The maximum Gasteiger partial charge on any atom is 0.359 e. The Kier molecular flexibility index (Phi) is 7.36. The third kappa shape index (κ3) is 5.68. The summed E-state index contributed by atoms with van der Waals surface area (Å²) in [6.45, 7) is 5.81. The summed E-state index contributed by atoms with van der Waals surface area (Å²) in [5.41, 5.74) is 2.74. The topological polar surface area (TPSA) is 123 Å². The van der Waals surface area contributed by atoms with Gasteiger partial charge >= 0.3 is 11.4 Å².